The Kier molecular flexibility index (Phi) is 4.60. The number of fused-ring (bicyclic) bond motifs is 1. The van der Waals surface area contributed by atoms with Crippen molar-refractivity contribution in [1.29, 1.82) is 0 Å². The summed E-state index contributed by atoms with van der Waals surface area (Å²) >= 11 is 0. The zero-order valence-corrected chi connectivity index (χ0v) is 14.6. The van der Waals surface area contributed by atoms with E-state index in [2.05, 4.69) is 14.7 Å². The summed E-state index contributed by atoms with van der Waals surface area (Å²) in [5, 5.41) is 5.79. The molecule has 0 fully saturated rings. The highest BCUT2D eigenvalue weighted by molar-refractivity contribution is 7.90. The number of H-pyrrole nitrogens is 1. The third-order valence-electron chi connectivity index (χ3n) is 3.61. The maximum absolute atomic E-state index is 12.2. The van der Waals surface area contributed by atoms with Crippen molar-refractivity contribution in [2.24, 2.45) is 5.14 Å². The highest BCUT2D eigenvalue weighted by atomic mass is 32.2. The number of pyridine rings is 1. The fourth-order valence-corrected chi connectivity index (χ4v) is 3.98. The summed E-state index contributed by atoms with van der Waals surface area (Å²) in [6.07, 6.45) is 3.46. The van der Waals surface area contributed by atoms with Gasteiger partial charge >= 0.3 is 0 Å². The molecule has 0 aliphatic heterocycles. The first-order valence-corrected chi connectivity index (χ1v) is 10.5. The molecule has 0 bridgehead atoms. The summed E-state index contributed by atoms with van der Waals surface area (Å²) < 4.78 is 48.3. The molecule has 25 heavy (non-hydrogen) atoms. The van der Waals surface area contributed by atoms with Gasteiger partial charge in [0.1, 0.15) is 5.65 Å². The molecular weight excluding hydrogens is 364 g/mol. The van der Waals surface area contributed by atoms with Crippen LogP contribution < -0.4 is 9.86 Å². The number of nitrogens with two attached hydrogens (primary N) is 1. The lowest BCUT2D eigenvalue weighted by atomic mass is 10.0. The fourth-order valence-electron chi connectivity index (χ4n) is 2.43. The predicted molar refractivity (Wildman–Crippen MR) is 94.7 cm³/mol. The molecule has 0 spiro atoms. The second kappa shape index (κ2) is 6.56. The van der Waals surface area contributed by atoms with Crippen LogP contribution >= 0.6 is 0 Å². The van der Waals surface area contributed by atoms with E-state index in [-0.39, 0.29) is 11.4 Å². The van der Waals surface area contributed by atoms with Gasteiger partial charge in [0.25, 0.3) is 0 Å². The molecule has 2 heterocycles. The van der Waals surface area contributed by atoms with E-state index >= 15 is 0 Å². The minimum absolute atomic E-state index is 0.0463. The Bertz CT molecular complexity index is 1100. The molecule has 0 saturated carbocycles. The van der Waals surface area contributed by atoms with Crippen LogP contribution in [0.4, 0.5) is 0 Å². The van der Waals surface area contributed by atoms with Crippen LogP contribution in [0.3, 0.4) is 0 Å². The van der Waals surface area contributed by atoms with Crippen LogP contribution in [-0.4, -0.2) is 39.1 Å². The van der Waals surface area contributed by atoms with E-state index in [9.17, 15) is 16.8 Å². The molecule has 10 heteroatoms. The Balaban J connectivity index is 1.83. The van der Waals surface area contributed by atoms with E-state index in [0.29, 0.717) is 0 Å². The fraction of sp³-hybridized carbons (Fsp3) is 0.133. The van der Waals surface area contributed by atoms with Gasteiger partial charge in [0.2, 0.25) is 20.0 Å². The third-order valence-corrected chi connectivity index (χ3v) is 5.86. The van der Waals surface area contributed by atoms with Crippen molar-refractivity contribution in [2.75, 3.05) is 12.3 Å². The van der Waals surface area contributed by atoms with Gasteiger partial charge in [-0.3, -0.25) is 0 Å². The molecule has 8 nitrogen and oxygen atoms in total. The number of nitrogens with zero attached hydrogens (tertiary/aromatic N) is 1. The quantitative estimate of drug-likeness (QED) is 0.581. The van der Waals surface area contributed by atoms with Crippen molar-refractivity contribution < 1.29 is 16.8 Å². The van der Waals surface area contributed by atoms with E-state index in [0.717, 1.165) is 22.2 Å². The monoisotopic (exact) mass is 380 g/mol. The van der Waals surface area contributed by atoms with Crippen molar-refractivity contribution >= 4 is 31.1 Å². The van der Waals surface area contributed by atoms with E-state index in [4.69, 9.17) is 5.14 Å². The van der Waals surface area contributed by atoms with Crippen LogP contribution in [0.2, 0.25) is 0 Å². The smallest absolute Gasteiger partial charge is 0.240 e. The average molecular weight is 380 g/mol. The Morgan fingerprint density at radius 2 is 1.76 bits per heavy atom. The molecule has 2 aromatic heterocycles. The Morgan fingerprint density at radius 3 is 2.44 bits per heavy atom. The summed E-state index contributed by atoms with van der Waals surface area (Å²) in [6.45, 7) is -0.281. The summed E-state index contributed by atoms with van der Waals surface area (Å²) in [4.78, 5) is 7.29. The van der Waals surface area contributed by atoms with E-state index < -0.39 is 25.8 Å². The lowest BCUT2D eigenvalue weighted by molar-refractivity contribution is 0.581. The number of aromatic nitrogens is 2. The van der Waals surface area contributed by atoms with Gasteiger partial charge in [-0.05, 0) is 35.4 Å². The Hall–Kier alpha value is -2.27. The van der Waals surface area contributed by atoms with Crippen molar-refractivity contribution in [2.45, 2.75) is 4.90 Å². The SMILES string of the molecule is NS(=O)(=O)CCNS(=O)(=O)c1ccc(-c2ccnc3[nH]ccc23)cc1. The van der Waals surface area contributed by atoms with Gasteiger partial charge in [0.15, 0.2) is 0 Å². The Labute approximate surface area is 145 Å². The first-order chi connectivity index (χ1) is 11.8. The first-order valence-electron chi connectivity index (χ1n) is 7.29. The number of nitrogens with one attached hydrogen (secondary N) is 2. The number of primary sulfonamides is 1. The molecule has 0 aliphatic carbocycles. The van der Waals surface area contributed by atoms with Crippen LogP contribution in [0, 0.1) is 0 Å². The predicted octanol–water partition coefficient (Wildman–Crippen LogP) is 0.797. The molecule has 0 saturated heterocycles. The molecule has 0 aliphatic rings. The van der Waals surface area contributed by atoms with Crippen LogP contribution in [0.5, 0.6) is 0 Å². The molecule has 0 radical (unpaired) electrons. The molecule has 3 aromatic rings. The van der Waals surface area contributed by atoms with E-state index in [1.807, 2.05) is 12.1 Å². The minimum atomic E-state index is -3.80. The van der Waals surface area contributed by atoms with Crippen molar-refractivity contribution in [3.05, 3.63) is 48.8 Å². The maximum atomic E-state index is 12.2. The van der Waals surface area contributed by atoms with Gasteiger partial charge in [-0.15, -0.1) is 0 Å². The lowest BCUT2D eigenvalue weighted by Crippen LogP contribution is -2.31. The number of benzene rings is 1. The molecule has 0 unspecified atom stereocenters. The number of sulfonamides is 2. The molecule has 132 valence electrons. The number of hydrogen-bond donors (Lipinski definition) is 3. The zero-order chi connectivity index (χ0) is 18.1. The van der Waals surface area contributed by atoms with Gasteiger partial charge in [-0.1, -0.05) is 12.1 Å². The largest absolute Gasteiger partial charge is 0.346 e. The maximum Gasteiger partial charge on any atom is 0.240 e. The van der Waals surface area contributed by atoms with E-state index in [1.54, 1.807) is 24.5 Å². The average Bonchev–Trinajstić information content (AvgIpc) is 3.02. The summed E-state index contributed by atoms with van der Waals surface area (Å²) in [5.41, 5.74) is 2.52. The highest BCUT2D eigenvalue weighted by Gasteiger charge is 2.15. The van der Waals surface area contributed by atoms with Crippen LogP contribution in [0.15, 0.2) is 53.7 Å². The second-order valence-electron chi connectivity index (χ2n) is 5.39. The van der Waals surface area contributed by atoms with Crippen molar-refractivity contribution in [3.63, 3.8) is 0 Å². The van der Waals surface area contributed by atoms with Gasteiger partial charge < -0.3 is 4.98 Å². The molecule has 3 rings (SSSR count). The highest BCUT2D eigenvalue weighted by Crippen LogP contribution is 2.27. The third kappa shape index (κ3) is 4.04. The van der Waals surface area contributed by atoms with Crippen LogP contribution in [0.25, 0.3) is 22.2 Å². The van der Waals surface area contributed by atoms with Gasteiger partial charge in [0, 0.05) is 24.3 Å². The molecule has 1 aromatic carbocycles. The molecule has 0 atom stereocenters. The number of hydrogen-bond acceptors (Lipinski definition) is 5. The van der Waals surface area contributed by atoms with E-state index in [1.165, 1.54) is 12.1 Å². The van der Waals surface area contributed by atoms with Crippen molar-refractivity contribution in [1.82, 2.24) is 14.7 Å². The summed E-state index contributed by atoms with van der Waals surface area (Å²) in [7, 11) is -7.52. The van der Waals surface area contributed by atoms with Crippen LogP contribution in [-0.2, 0) is 20.0 Å². The van der Waals surface area contributed by atoms with Crippen LogP contribution in [0.1, 0.15) is 0 Å². The normalized spacial score (nSPS) is 12.5. The molecule has 4 N–H and O–H groups in total. The number of aromatic amines is 1. The first kappa shape index (κ1) is 17.5. The molecular formula is C15H16N4O4S2. The summed E-state index contributed by atoms with van der Waals surface area (Å²) in [5.74, 6) is -0.465. The zero-order valence-electron chi connectivity index (χ0n) is 13.0. The van der Waals surface area contributed by atoms with Gasteiger partial charge in [-0.25, -0.2) is 31.7 Å². The minimum Gasteiger partial charge on any atom is -0.346 e. The standard InChI is InChI=1S/C15H16N4O4S2/c16-24(20,21)10-9-19-25(22,23)12-3-1-11(2-4-12)13-5-7-17-15-14(13)6-8-18-15/h1-8,19H,9-10H2,(H,17,18)(H2,16,20,21). The lowest BCUT2D eigenvalue weighted by Gasteiger charge is -2.08. The topological polar surface area (TPSA) is 135 Å². The van der Waals surface area contributed by atoms with Gasteiger partial charge in [0.05, 0.1) is 10.6 Å². The second-order valence-corrected chi connectivity index (χ2v) is 8.89. The molecule has 0 amide bonds. The van der Waals surface area contributed by atoms with Crippen molar-refractivity contribution in [3.8, 4) is 11.1 Å². The van der Waals surface area contributed by atoms with Gasteiger partial charge in [-0.2, -0.15) is 0 Å². The number of rotatable bonds is 6. The Morgan fingerprint density at radius 1 is 1.04 bits per heavy atom. The summed E-state index contributed by atoms with van der Waals surface area (Å²) in [6, 6.07) is 10.1.